The zero-order valence-electron chi connectivity index (χ0n) is 20.3. The molecule has 0 aliphatic heterocycles. The topological polar surface area (TPSA) is 87.4 Å². The average Bonchev–Trinajstić information content (AvgIpc) is 3.70. The maximum atomic E-state index is 13.2. The van der Waals surface area contributed by atoms with Gasteiger partial charge in [0.2, 0.25) is 10.8 Å². The second-order valence-corrected chi connectivity index (χ2v) is 9.57. The van der Waals surface area contributed by atoms with Crippen molar-refractivity contribution in [1.82, 2.24) is 24.4 Å². The van der Waals surface area contributed by atoms with Gasteiger partial charge < -0.3 is 9.15 Å². The Balaban J connectivity index is 1.48. The van der Waals surface area contributed by atoms with Crippen molar-refractivity contribution in [2.24, 2.45) is 0 Å². The molecule has 6 aromatic rings. The summed E-state index contributed by atoms with van der Waals surface area (Å²) in [5.41, 5.74) is 4.30. The van der Waals surface area contributed by atoms with Crippen molar-refractivity contribution in [3.8, 4) is 34.3 Å². The molecule has 0 radical (unpaired) electrons. The minimum Gasteiger partial charge on any atom is -0.494 e. The van der Waals surface area contributed by atoms with Crippen molar-refractivity contribution in [2.45, 2.75) is 20.3 Å². The van der Waals surface area contributed by atoms with Crippen molar-refractivity contribution in [3.63, 3.8) is 0 Å². The summed E-state index contributed by atoms with van der Waals surface area (Å²) in [6, 6.07) is 19.4. The Morgan fingerprint density at radius 3 is 2.68 bits per heavy atom. The van der Waals surface area contributed by atoms with E-state index >= 15 is 0 Å². The first kappa shape index (κ1) is 22.9. The third-order valence-electron chi connectivity index (χ3n) is 5.90. The van der Waals surface area contributed by atoms with E-state index in [1.807, 2.05) is 72.4 Å². The molecule has 0 fully saturated rings. The van der Waals surface area contributed by atoms with Gasteiger partial charge in [-0.2, -0.15) is 14.6 Å². The van der Waals surface area contributed by atoms with Crippen molar-refractivity contribution >= 4 is 22.4 Å². The molecule has 0 amide bonds. The molecule has 4 aromatic heterocycles. The zero-order chi connectivity index (χ0) is 25.4. The monoisotopic (exact) mass is 509 g/mol. The molecule has 0 bridgehead atoms. The molecular formula is C28H23N5O3S. The number of aryl methyl sites for hydroxylation is 1. The van der Waals surface area contributed by atoms with E-state index in [9.17, 15) is 4.79 Å². The highest BCUT2D eigenvalue weighted by Crippen LogP contribution is 2.30. The van der Waals surface area contributed by atoms with Crippen LogP contribution >= 0.6 is 11.3 Å². The molecule has 9 heteroatoms. The highest BCUT2D eigenvalue weighted by molar-refractivity contribution is 7.15. The van der Waals surface area contributed by atoms with Gasteiger partial charge in [0, 0.05) is 17.3 Å². The van der Waals surface area contributed by atoms with Crippen LogP contribution in [-0.2, 0) is 0 Å². The van der Waals surface area contributed by atoms with Gasteiger partial charge >= 0.3 is 0 Å². The minimum atomic E-state index is -0.233. The summed E-state index contributed by atoms with van der Waals surface area (Å²) >= 11 is 1.28. The molecule has 37 heavy (non-hydrogen) atoms. The number of benzene rings is 2. The maximum absolute atomic E-state index is 13.2. The number of hydrogen-bond donors (Lipinski definition) is 0. The number of nitrogens with zero attached hydrogens (tertiary/aromatic N) is 5. The van der Waals surface area contributed by atoms with Gasteiger partial charge in [-0.05, 0) is 67.4 Å². The quantitative estimate of drug-likeness (QED) is 0.304. The molecule has 0 aliphatic carbocycles. The first-order chi connectivity index (χ1) is 18.1. The van der Waals surface area contributed by atoms with E-state index in [4.69, 9.17) is 14.3 Å². The summed E-state index contributed by atoms with van der Waals surface area (Å²) in [6.45, 7) is 4.79. The summed E-state index contributed by atoms with van der Waals surface area (Å²) in [5.74, 6) is 1.74. The van der Waals surface area contributed by atoms with Gasteiger partial charge in [-0.25, -0.2) is 4.68 Å². The lowest BCUT2D eigenvalue weighted by Gasteiger charge is -2.09. The van der Waals surface area contributed by atoms with Crippen LogP contribution < -0.4 is 14.8 Å². The van der Waals surface area contributed by atoms with Crippen LogP contribution in [0.2, 0.25) is 0 Å². The van der Waals surface area contributed by atoms with Crippen molar-refractivity contribution < 1.29 is 9.15 Å². The first-order valence-corrected chi connectivity index (χ1v) is 12.8. The van der Waals surface area contributed by atoms with Crippen LogP contribution in [0.1, 0.15) is 24.5 Å². The Hall–Kier alpha value is -4.50. The van der Waals surface area contributed by atoms with Crippen LogP contribution in [0.25, 0.3) is 39.6 Å². The standard InChI is InChI=1S/C28H23N5O3S/c1-3-13-35-21-11-12-22(18(2)15-21)25-19(17-32(30-25)20-8-5-4-6-9-20)16-24-27(34)33-28(37-24)29-26(31-33)23-10-7-14-36-23/h4-12,14-17H,3,13H2,1-2H3/b24-16-. The minimum absolute atomic E-state index is 0.233. The predicted molar refractivity (Wildman–Crippen MR) is 143 cm³/mol. The Morgan fingerprint density at radius 2 is 1.95 bits per heavy atom. The second kappa shape index (κ2) is 9.51. The number of rotatable bonds is 7. The highest BCUT2D eigenvalue weighted by atomic mass is 32.1. The summed E-state index contributed by atoms with van der Waals surface area (Å²) in [7, 11) is 0. The summed E-state index contributed by atoms with van der Waals surface area (Å²) in [4.78, 5) is 18.2. The number of furan rings is 1. The van der Waals surface area contributed by atoms with Gasteiger partial charge in [0.15, 0.2) is 5.76 Å². The molecule has 6 rings (SSSR count). The normalized spacial score (nSPS) is 12.0. The molecule has 0 aliphatic rings. The van der Waals surface area contributed by atoms with Gasteiger partial charge in [-0.3, -0.25) is 4.79 Å². The third-order valence-corrected chi connectivity index (χ3v) is 6.86. The van der Waals surface area contributed by atoms with Gasteiger partial charge in [-0.1, -0.05) is 36.5 Å². The number of aromatic nitrogens is 5. The van der Waals surface area contributed by atoms with E-state index < -0.39 is 0 Å². The van der Waals surface area contributed by atoms with E-state index in [0.717, 1.165) is 40.2 Å². The third kappa shape index (κ3) is 4.34. The average molecular weight is 510 g/mol. The first-order valence-electron chi connectivity index (χ1n) is 11.9. The number of hydrogen-bond acceptors (Lipinski definition) is 7. The molecule has 0 atom stereocenters. The van der Waals surface area contributed by atoms with E-state index in [-0.39, 0.29) is 5.56 Å². The smallest absolute Gasteiger partial charge is 0.291 e. The van der Waals surface area contributed by atoms with E-state index in [0.29, 0.717) is 27.7 Å². The van der Waals surface area contributed by atoms with Crippen molar-refractivity contribution in [1.29, 1.82) is 0 Å². The maximum Gasteiger partial charge on any atom is 0.291 e. The lowest BCUT2D eigenvalue weighted by molar-refractivity contribution is 0.317. The molecule has 2 aromatic carbocycles. The fourth-order valence-corrected chi connectivity index (χ4v) is 5.01. The SMILES string of the molecule is CCCOc1ccc(-c2nn(-c3ccccc3)cc2/C=c2\sc3nc(-c4ccco4)nn3c2=O)c(C)c1. The molecule has 8 nitrogen and oxygen atoms in total. The van der Waals surface area contributed by atoms with Gasteiger partial charge in [0.05, 0.1) is 23.1 Å². The van der Waals surface area contributed by atoms with Crippen LogP contribution in [-0.4, -0.2) is 31.0 Å². The Labute approximate surface area is 216 Å². The van der Waals surface area contributed by atoms with Crippen LogP contribution in [0.3, 0.4) is 0 Å². The predicted octanol–water partition coefficient (Wildman–Crippen LogP) is 4.91. The molecule has 0 N–H and O–H groups in total. The van der Waals surface area contributed by atoms with Crippen LogP contribution in [0, 0.1) is 6.92 Å². The largest absolute Gasteiger partial charge is 0.494 e. The van der Waals surface area contributed by atoms with E-state index in [2.05, 4.69) is 17.0 Å². The van der Waals surface area contributed by atoms with Crippen LogP contribution in [0.5, 0.6) is 5.75 Å². The van der Waals surface area contributed by atoms with Gasteiger partial charge in [0.25, 0.3) is 5.56 Å². The van der Waals surface area contributed by atoms with Gasteiger partial charge in [0.1, 0.15) is 11.4 Å². The molecule has 184 valence electrons. The second-order valence-electron chi connectivity index (χ2n) is 8.56. The number of ether oxygens (including phenoxy) is 1. The Morgan fingerprint density at radius 1 is 1.08 bits per heavy atom. The number of para-hydroxylation sites is 1. The van der Waals surface area contributed by atoms with E-state index in [1.54, 1.807) is 18.4 Å². The lowest BCUT2D eigenvalue weighted by atomic mass is 10.0. The molecule has 0 saturated heterocycles. The molecule has 4 heterocycles. The van der Waals surface area contributed by atoms with Crippen LogP contribution in [0.15, 0.2) is 82.3 Å². The summed E-state index contributed by atoms with van der Waals surface area (Å²) in [6.07, 6.45) is 6.30. The molecule has 0 unspecified atom stereocenters. The molecule has 0 spiro atoms. The Kier molecular flexibility index (Phi) is 5.90. The van der Waals surface area contributed by atoms with Crippen molar-refractivity contribution in [2.75, 3.05) is 6.61 Å². The van der Waals surface area contributed by atoms with Crippen molar-refractivity contribution in [3.05, 3.63) is 99.1 Å². The summed E-state index contributed by atoms with van der Waals surface area (Å²) in [5, 5.41) is 9.27. The van der Waals surface area contributed by atoms with E-state index in [1.165, 1.54) is 15.9 Å². The summed E-state index contributed by atoms with van der Waals surface area (Å²) < 4.78 is 14.9. The molecule has 0 saturated carbocycles. The number of fused-ring (bicyclic) bond motifs is 1. The van der Waals surface area contributed by atoms with Crippen LogP contribution in [0.4, 0.5) is 0 Å². The Bertz CT molecular complexity index is 1800. The van der Waals surface area contributed by atoms with Gasteiger partial charge in [-0.15, -0.1) is 5.10 Å². The number of thiazole rings is 1. The highest BCUT2D eigenvalue weighted by Gasteiger charge is 2.17. The molecular weight excluding hydrogens is 486 g/mol. The lowest BCUT2D eigenvalue weighted by Crippen LogP contribution is -2.23. The fraction of sp³-hybridized carbons (Fsp3) is 0.143. The zero-order valence-corrected chi connectivity index (χ0v) is 21.1. The fourth-order valence-electron chi connectivity index (χ4n) is 4.11.